The molecule has 2 N–H and O–H groups in total. The summed E-state index contributed by atoms with van der Waals surface area (Å²) < 4.78 is 8.57. The maximum atomic E-state index is 13.2. The van der Waals surface area contributed by atoms with E-state index >= 15 is 0 Å². The van der Waals surface area contributed by atoms with Gasteiger partial charge in [-0.15, -0.1) is 0 Å². The molecule has 0 aliphatic carbocycles. The summed E-state index contributed by atoms with van der Waals surface area (Å²) in [7, 11) is 0. The van der Waals surface area contributed by atoms with Gasteiger partial charge in [-0.05, 0) is 57.5 Å². The number of carbonyl (C=O) groups excluding carboxylic acids is 1. The molecule has 3 aromatic heterocycles. The molecule has 1 amide bonds. The maximum absolute atomic E-state index is 13.2. The Morgan fingerprint density at radius 3 is 2.82 bits per heavy atom. The zero-order valence-corrected chi connectivity index (χ0v) is 19.2. The molecular weight excluding hydrogens is 420 g/mol. The van der Waals surface area contributed by atoms with Crippen LogP contribution in [0.5, 0.6) is 0 Å². The number of nitrogens with one attached hydrogen (secondary N) is 2. The third-order valence-electron chi connectivity index (χ3n) is 6.10. The molecule has 0 unspecified atom stereocenters. The van der Waals surface area contributed by atoms with Crippen molar-refractivity contribution in [1.29, 1.82) is 5.41 Å². The van der Waals surface area contributed by atoms with Gasteiger partial charge in [0.2, 0.25) is 0 Å². The summed E-state index contributed by atoms with van der Waals surface area (Å²) in [4.78, 5) is 33.2. The number of nitrogens with zero attached hydrogens (tertiary/aromatic N) is 4. The Morgan fingerprint density at radius 2 is 2.03 bits per heavy atom. The molecule has 0 aromatic carbocycles. The summed E-state index contributed by atoms with van der Waals surface area (Å²) in [5.74, 6) is -0.338. The van der Waals surface area contributed by atoms with E-state index in [1.807, 2.05) is 13.0 Å². The molecule has 9 heteroatoms. The fraction of sp³-hybridized carbons (Fsp3) is 0.500. The lowest BCUT2D eigenvalue weighted by Gasteiger charge is -2.26. The Hall–Kier alpha value is -3.04. The van der Waals surface area contributed by atoms with Crippen molar-refractivity contribution < 1.29 is 9.53 Å². The molecule has 4 heterocycles. The quantitative estimate of drug-likeness (QED) is 0.380. The van der Waals surface area contributed by atoms with E-state index < -0.39 is 0 Å². The predicted molar refractivity (Wildman–Crippen MR) is 127 cm³/mol. The van der Waals surface area contributed by atoms with Gasteiger partial charge in [-0.3, -0.25) is 19.4 Å². The van der Waals surface area contributed by atoms with Crippen LogP contribution in [0.25, 0.3) is 16.7 Å². The Kier molecular flexibility index (Phi) is 7.51. The zero-order valence-electron chi connectivity index (χ0n) is 19.2. The van der Waals surface area contributed by atoms with Gasteiger partial charge in [-0.2, -0.15) is 0 Å². The fourth-order valence-electron chi connectivity index (χ4n) is 4.35. The molecule has 1 saturated heterocycles. The van der Waals surface area contributed by atoms with Crippen LogP contribution in [0.15, 0.2) is 35.3 Å². The number of piperidine rings is 1. The third kappa shape index (κ3) is 5.15. The highest BCUT2D eigenvalue weighted by atomic mass is 16.5. The number of rotatable bonds is 9. The van der Waals surface area contributed by atoms with Crippen LogP contribution in [0.1, 0.15) is 43.0 Å². The minimum absolute atomic E-state index is 0.0571. The van der Waals surface area contributed by atoms with E-state index in [-0.39, 0.29) is 22.5 Å². The molecule has 0 spiro atoms. The van der Waals surface area contributed by atoms with E-state index in [0.717, 1.165) is 19.6 Å². The second-order valence-corrected chi connectivity index (χ2v) is 8.35. The number of likely N-dealkylation sites (tertiary alicyclic amines) is 1. The topological polar surface area (TPSA) is 105 Å². The summed E-state index contributed by atoms with van der Waals surface area (Å²) in [5.41, 5.74) is 0.912. The number of hydrogen-bond donors (Lipinski definition) is 2. The van der Waals surface area contributed by atoms with Gasteiger partial charge in [0.1, 0.15) is 16.8 Å². The standard InChI is InChI=1S/C24H32N6O3/c1-2-33-16-8-14-30-21(25)18(23(31)26-10-15-28-11-5-3-6-12-28)17-19-22(30)27-20-9-4-7-13-29(20)24(19)32/h4,7,9,13,17,25H,2-3,5-6,8,10-12,14-16H2,1H3,(H,26,31). The zero-order chi connectivity index (χ0) is 23.2. The van der Waals surface area contributed by atoms with Crippen molar-refractivity contribution in [2.24, 2.45) is 0 Å². The third-order valence-corrected chi connectivity index (χ3v) is 6.10. The molecule has 9 nitrogen and oxygen atoms in total. The Labute approximate surface area is 192 Å². The van der Waals surface area contributed by atoms with Crippen LogP contribution in [0, 0.1) is 5.41 Å². The number of hydrogen-bond acceptors (Lipinski definition) is 6. The summed E-state index contributed by atoms with van der Waals surface area (Å²) >= 11 is 0. The Balaban J connectivity index is 1.67. The fourth-order valence-corrected chi connectivity index (χ4v) is 4.35. The van der Waals surface area contributed by atoms with Gasteiger partial charge in [0, 0.05) is 39.0 Å². The van der Waals surface area contributed by atoms with E-state index in [9.17, 15) is 9.59 Å². The van der Waals surface area contributed by atoms with Gasteiger partial charge >= 0.3 is 0 Å². The summed E-state index contributed by atoms with van der Waals surface area (Å²) in [5, 5.41) is 12.0. The summed E-state index contributed by atoms with van der Waals surface area (Å²) in [6.07, 6.45) is 5.97. The molecular formula is C24H32N6O3. The highest BCUT2D eigenvalue weighted by Crippen LogP contribution is 2.11. The molecule has 0 radical (unpaired) electrons. The lowest BCUT2D eigenvalue weighted by molar-refractivity contribution is 0.0944. The monoisotopic (exact) mass is 452 g/mol. The van der Waals surface area contributed by atoms with E-state index in [2.05, 4.69) is 15.2 Å². The van der Waals surface area contributed by atoms with Crippen LogP contribution in [0.2, 0.25) is 0 Å². The van der Waals surface area contributed by atoms with Crippen molar-refractivity contribution in [3.05, 3.63) is 51.9 Å². The van der Waals surface area contributed by atoms with Gasteiger partial charge in [0.25, 0.3) is 11.5 Å². The van der Waals surface area contributed by atoms with Crippen molar-refractivity contribution in [2.75, 3.05) is 39.4 Å². The molecule has 0 bridgehead atoms. The minimum Gasteiger partial charge on any atom is -0.382 e. The average Bonchev–Trinajstić information content (AvgIpc) is 2.83. The van der Waals surface area contributed by atoms with E-state index in [1.54, 1.807) is 22.9 Å². The number of fused-ring (bicyclic) bond motifs is 2. The van der Waals surface area contributed by atoms with Gasteiger partial charge in [0.05, 0.1) is 10.9 Å². The summed E-state index contributed by atoms with van der Waals surface area (Å²) in [6.45, 7) is 6.93. The molecule has 4 rings (SSSR count). The van der Waals surface area contributed by atoms with Crippen LogP contribution in [-0.2, 0) is 11.3 Å². The van der Waals surface area contributed by atoms with Crippen LogP contribution in [-0.4, -0.2) is 64.2 Å². The molecule has 0 saturated carbocycles. The van der Waals surface area contributed by atoms with Gasteiger partial charge in [-0.1, -0.05) is 12.5 Å². The van der Waals surface area contributed by atoms with Crippen molar-refractivity contribution in [3.63, 3.8) is 0 Å². The number of aryl methyl sites for hydroxylation is 1. The van der Waals surface area contributed by atoms with E-state index in [0.29, 0.717) is 49.4 Å². The average molecular weight is 453 g/mol. The number of aromatic nitrogens is 3. The first-order valence-corrected chi connectivity index (χ1v) is 11.8. The summed E-state index contributed by atoms with van der Waals surface area (Å²) in [6, 6.07) is 6.86. The van der Waals surface area contributed by atoms with Crippen molar-refractivity contribution in [1.82, 2.24) is 24.2 Å². The van der Waals surface area contributed by atoms with Crippen LogP contribution < -0.4 is 16.4 Å². The normalized spacial score (nSPS) is 14.7. The van der Waals surface area contributed by atoms with Crippen molar-refractivity contribution in [2.45, 2.75) is 39.2 Å². The second-order valence-electron chi connectivity index (χ2n) is 8.35. The lowest BCUT2D eigenvalue weighted by atomic mass is 10.1. The second kappa shape index (κ2) is 10.7. The Bertz CT molecular complexity index is 1240. The first-order chi connectivity index (χ1) is 16.1. The van der Waals surface area contributed by atoms with Crippen LogP contribution >= 0.6 is 0 Å². The van der Waals surface area contributed by atoms with Gasteiger partial charge in [0.15, 0.2) is 0 Å². The molecule has 33 heavy (non-hydrogen) atoms. The highest BCUT2D eigenvalue weighted by molar-refractivity contribution is 5.96. The van der Waals surface area contributed by atoms with Crippen LogP contribution in [0.4, 0.5) is 0 Å². The number of pyridine rings is 2. The predicted octanol–water partition coefficient (Wildman–Crippen LogP) is 1.77. The molecule has 1 aliphatic rings. The van der Waals surface area contributed by atoms with Crippen molar-refractivity contribution in [3.8, 4) is 0 Å². The van der Waals surface area contributed by atoms with E-state index in [1.165, 1.54) is 29.7 Å². The first kappa shape index (κ1) is 23.1. The Morgan fingerprint density at radius 1 is 1.21 bits per heavy atom. The van der Waals surface area contributed by atoms with Gasteiger partial charge in [-0.25, -0.2) is 4.98 Å². The van der Waals surface area contributed by atoms with Crippen molar-refractivity contribution >= 4 is 22.6 Å². The number of carbonyl (C=O) groups is 1. The van der Waals surface area contributed by atoms with Crippen LogP contribution in [0.3, 0.4) is 0 Å². The molecule has 1 fully saturated rings. The SMILES string of the molecule is CCOCCCn1c(=N)c(C(=O)NCCN2CCCCC2)cc2c(=O)n3ccccc3nc21. The lowest BCUT2D eigenvalue weighted by Crippen LogP contribution is -2.40. The van der Waals surface area contributed by atoms with Gasteiger partial charge < -0.3 is 19.5 Å². The largest absolute Gasteiger partial charge is 0.382 e. The maximum Gasteiger partial charge on any atom is 0.267 e. The molecule has 0 atom stereocenters. The highest BCUT2D eigenvalue weighted by Gasteiger charge is 2.18. The number of ether oxygens (including phenoxy) is 1. The molecule has 176 valence electrons. The first-order valence-electron chi connectivity index (χ1n) is 11.8. The minimum atomic E-state index is -0.338. The molecule has 1 aliphatic heterocycles. The smallest absolute Gasteiger partial charge is 0.267 e. The number of amides is 1. The van der Waals surface area contributed by atoms with E-state index in [4.69, 9.17) is 10.1 Å². The molecule has 3 aromatic rings.